The van der Waals surface area contributed by atoms with Crippen LogP contribution >= 0.6 is 11.6 Å². The first-order chi connectivity index (χ1) is 14.5. The number of carbonyl (C=O) groups excluding carboxylic acids is 1. The highest BCUT2D eigenvalue weighted by molar-refractivity contribution is 6.30. The van der Waals surface area contributed by atoms with Crippen molar-refractivity contribution in [3.8, 4) is 0 Å². The van der Waals surface area contributed by atoms with Gasteiger partial charge in [0.2, 0.25) is 0 Å². The molecule has 0 spiro atoms. The molecule has 1 atom stereocenters. The van der Waals surface area contributed by atoms with Gasteiger partial charge in [0.05, 0.1) is 0 Å². The number of fused-ring (bicyclic) bond motifs is 1. The molecule has 0 aromatic heterocycles. The number of rotatable bonds is 6. The van der Waals surface area contributed by atoms with Gasteiger partial charge >= 0.3 is 0 Å². The van der Waals surface area contributed by atoms with Gasteiger partial charge in [0.25, 0.3) is 0 Å². The van der Waals surface area contributed by atoms with Crippen molar-refractivity contribution < 1.29 is 4.79 Å². The summed E-state index contributed by atoms with van der Waals surface area (Å²) in [4.78, 5) is 9.57. The number of hydrogen-bond donors (Lipinski definition) is 1. The van der Waals surface area contributed by atoms with Gasteiger partial charge in [-0.15, -0.1) is 0 Å². The number of carbonyl (C=O) groups is 1. The van der Waals surface area contributed by atoms with Gasteiger partial charge < -0.3 is 10.1 Å². The summed E-state index contributed by atoms with van der Waals surface area (Å²) in [5.41, 5.74) is 5.02. The summed E-state index contributed by atoms with van der Waals surface area (Å²) >= 11 is 6.21. The zero-order valence-electron chi connectivity index (χ0n) is 18.0. The van der Waals surface area contributed by atoms with Crippen LogP contribution in [0, 0.1) is 12.8 Å². The maximum atomic E-state index is 9.57. The van der Waals surface area contributed by atoms with Gasteiger partial charge in [0.1, 0.15) is 6.29 Å². The van der Waals surface area contributed by atoms with Gasteiger partial charge in [0.15, 0.2) is 0 Å². The molecule has 1 saturated carbocycles. The number of halogens is 1. The Balaban J connectivity index is 0.000000448. The van der Waals surface area contributed by atoms with E-state index in [9.17, 15) is 4.79 Å². The highest BCUT2D eigenvalue weighted by atomic mass is 35.5. The molecular formula is C27H30ClNO. The second-order valence-corrected chi connectivity index (χ2v) is 8.51. The summed E-state index contributed by atoms with van der Waals surface area (Å²) < 4.78 is 0. The Hall–Kier alpha value is -2.42. The standard InChI is InChI=1S/C23H24ClN.C4H6O/c1-16-12-20(14-21(24)13-16)17(2)8-9-18-10-11-19(15-25-3)23-7-5-4-6-22(18)23;5-3-4-1-2-4/h4-14,17,25H,15H2,1-3H3;3-4H,1-2H2/b9-8+;. The van der Waals surface area contributed by atoms with E-state index in [0.717, 1.165) is 30.7 Å². The van der Waals surface area contributed by atoms with Crippen LogP contribution in [0.4, 0.5) is 0 Å². The number of benzene rings is 3. The van der Waals surface area contributed by atoms with E-state index in [1.165, 1.54) is 33.0 Å². The van der Waals surface area contributed by atoms with Gasteiger partial charge in [-0.1, -0.05) is 73.1 Å². The van der Waals surface area contributed by atoms with E-state index in [4.69, 9.17) is 11.6 Å². The summed E-state index contributed by atoms with van der Waals surface area (Å²) in [6.45, 7) is 5.17. The van der Waals surface area contributed by atoms with E-state index in [2.05, 4.69) is 79.8 Å². The van der Waals surface area contributed by atoms with Crippen molar-refractivity contribution in [2.75, 3.05) is 7.05 Å². The average Bonchev–Trinajstić information content (AvgIpc) is 3.57. The molecule has 1 unspecified atom stereocenters. The van der Waals surface area contributed by atoms with E-state index in [-0.39, 0.29) is 0 Å². The molecule has 156 valence electrons. The van der Waals surface area contributed by atoms with Gasteiger partial charge in [-0.3, -0.25) is 0 Å². The van der Waals surface area contributed by atoms with Gasteiger partial charge in [0, 0.05) is 17.5 Å². The molecule has 1 aliphatic carbocycles. The summed E-state index contributed by atoms with van der Waals surface area (Å²) in [6.07, 6.45) is 7.80. The first-order valence-electron chi connectivity index (χ1n) is 10.6. The lowest BCUT2D eigenvalue weighted by Crippen LogP contribution is -2.05. The van der Waals surface area contributed by atoms with E-state index in [0.29, 0.717) is 11.8 Å². The Bertz CT molecular complexity index is 1020. The van der Waals surface area contributed by atoms with Crippen molar-refractivity contribution in [3.05, 3.63) is 87.9 Å². The van der Waals surface area contributed by atoms with Crippen LogP contribution in [0.2, 0.25) is 5.02 Å². The minimum atomic E-state index is 0.313. The molecule has 3 aromatic carbocycles. The molecule has 0 amide bonds. The molecule has 1 fully saturated rings. The lowest BCUT2D eigenvalue weighted by Gasteiger charge is -2.11. The topological polar surface area (TPSA) is 29.1 Å². The predicted octanol–water partition coefficient (Wildman–Crippen LogP) is 6.93. The molecule has 30 heavy (non-hydrogen) atoms. The third-order valence-electron chi connectivity index (χ3n) is 5.38. The van der Waals surface area contributed by atoms with Crippen LogP contribution in [-0.4, -0.2) is 13.3 Å². The highest BCUT2D eigenvalue weighted by Crippen LogP contribution is 2.27. The fourth-order valence-corrected chi connectivity index (χ4v) is 3.79. The summed E-state index contributed by atoms with van der Waals surface area (Å²) in [5, 5.41) is 6.65. The van der Waals surface area contributed by atoms with Crippen LogP contribution in [0.15, 0.2) is 60.7 Å². The Morgan fingerprint density at radius 3 is 2.43 bits per heavy atom. The van der Waals surface area contributed by atoms with Crippen LogP contribution in [0.1, 0.15) is 47.9 Å². The fraction of sp³-hybridized carbons (Fsp3) is 0.296. The molecule has 0 heterocycles. The third-order valence-corrected chi connectivity index (χ3v) is 5.60. The molecular weight excluding hydrogens is 390 g/mol. The van der Waals surface area contributed by atoms with Crippen molar-refractivity contribution in [2.45, 2.75) is 39.2 Å². The maximum absolute atomic E-state index is 9.57. The Kier molecular flexibility index (Phi) is 7.84. The molecule has 4 rings (SSSR count). The van der Waals surface area contributed by atoms with Crippen LogP contribution in [0.3, 0.4) is 0 Å². The van der Waals surface area contributed by atoms with Crippen molar-refractivity contribution in [1.29, 1.82) is 0 Å². The van der Waals surface area contributed by atoms with E-state index in [1.54, 1.807) is 0 Å². The quantitative estimate of drug-likeness (QED) is 0.438. The normalized spacial score (nSPS) is 14.4. The van der Waals surface area contributed by atoms with Crippen LogP contribution in [0.25, 0.3) is 16.8 Å². The average molecular weight is 420 g/mol. The maximum Gasteiger partial charge on any atom is 0.123 e. The fourth-order valence-electron chi connectivity index (χ4n) is 3.49. The smallest absolute Gasteiger partial charge is 0.123 e. The van der Waals surface area contributed by atoms with Crippen molar-refractivity contribution in [2.24, 2.45) is 5.92 Å². The SMILES string of the molecule is CNCc1ccc(/C=C/C(C)c2cc(C)cc(Cl)c2)c2ccccc12.O=CC1CC1. The zero-order valence-corrected chi connectivity index (χ0v) is 18.7. The minimum Gasteiger partial charge on any atom is -0.316 e. The zero-order chi connectivity index (χ0) is 21.5. The number of aryl methyl sites for hydroxylation is 1. The molecule has 0 radical (unpaired) electrons. The van der Waals surface area contributed by atoms with E-state index < -0.39 is 0 Å². The molecule has 0 aliphatic heterocycles. The van der Waals surface area contributed by atoms with Crippen molar-refractivity contribution in [1.82, 2.24) is 5.32 Å². The molecule has 0 bridgehead atoms. The first kappa shape index (κ1) is 22.3. The first-order valence-corrected chi connectivity index (χ1v) is 11.0. The number of nitrogens with one attached hydrogen (secondary N) is 1. The molecule has 1 N–H and O–H groups in total. The van der Waals surface area contributed by atoms with Crippen LogP contribution in [0.5, 0.6) is 0 Å². The van der Waals surface area contributed by atoms with Crippen LogP contribution in [-0.2, 0) is 11.3 Å². The lowest BCUT2D eigenvalue weighted by molar-refractivity contribution is -0.108. The summed E-state index contributed by atoms with van der Waals surface area (Å²) in [6, 6.07) is 19.3. The summed E-state index contributed by atoms with van der Waals surface area (Å²) in [7, 11) is 1.98. The number of allylic oxidation sites excluding steroid dienone is 1. The van der Waals surface area contributed by atoms with E-state index in [1.807, 2.05) is 13.1 Å². The number of hydrogen-bond acceptors (Lipinski definition) is 2. The molecule has 3 aromatic rings. The monoisotopic (exact) mass is 419 g/mol. The third kappa shape index (κ3) is 6.04. The lowest BCUT2D eigenvalue weighted by atomic mass is 9.95. The molecule has 3 heteroatoms. The molecule has 0 saturated heterocycles. The Morgan fingerprint density at radius 1 is 1.10 bits per heavy atom. The summed E-state index contributed by atoms with van der Waals surface area (Å²) in [5.74, 6) is 0.767. The molecule has 1 aliphatic rings. The van der Waals surface area contributed by atoms with Gasteiger partial charge in [-0.25, -0.2) is 0 Å². The van der Waals surface area contributed by atoms with Gasteiger partial charge in [-0.05, 0) is 77.9 Å². The second kappa shape index (κ2) is 10.6. The van der Waals surface area contributed by atoms with Crippen molar-refractivity contribution in [3.63, 3.8) is 0 Å². The van der Waals surface area contributed by atoms with Gasteiger partial charge in [-0.2, -0.15) is 0 Å². The Morgan fingerprint density at radius 2 is 1.83 bits per heavy atom. The predicted molar refractivity (Wildman–Crippen MR) is 129 cm³/mol. The van der Waals surface area contributed by atoms with Crippen molar-refractivity contribution >= 4 is 34.7 Å². The second-order valence-electron chi connectivity index (χ2n) is 8.07. The number of aldehydes is 1. The van der Waals surface area contributed by atoms with E-state index >= 15 is 0 Å². The van der Waals surface area contributed by atoms with Crippen LogP contribution < -0.4 is 5.32 Å². The Labute approximate surface area is 185 Å². The largest absolute Gasteiger partial charge is 0.316 e. The highest BCUT2D eigenvalue weighted by Gasteiger charge is 2.18. The minimum absolute atomic E-state index is 0.313. The molecule has 2 nitrogen and oxygen atoms in total.